The summed E-state index contributed by atoms with van der Waals surface area (Å²) in [5.74, 6) is 0.443. The van der Waals surface area contributed by atoms with Gasteiger partial charge in [-0.15, -0.1) is 0 Å². The lowest BCUT2D eigenvalue weighted by atomic mass is 9.91. The van der Waals surface area contributed by atoms with E-state index in [1.165, 1.54) is 0 Å². The monoisotopic (exact) mass is 329 g/mol. The molecule has 0 unspecified atom stereocenters. The average molecular weight is 329 g/mol. The van der Waals surface area contributed by atoms with E-state index in [-0.39, 0.29) is 18.0 Å². The van der Waals surface area contributed by atoms with Crippen LogP contribution in [0.5, 0.6) is 0 Å². The van der Waals surface area contributed by atoms with Crippen LogP contribution in [-0.4, -0.2) is 44.7 Å². The molecule has 0 spiro atoms. The van der Waals surface area contributed by atoms with Crippen molar-refractivity contribution in [1.29, 1.82) is 0 Å². The van der Waals surface area contributed by atoms with Crippen molar-refractivity contribution in [2.45, 2.75) is 52.6 Å². The van der Waals surface area contributed by atoms with E-state index >= 15 is 0 Å². The zero-order chi connectivity index (χ0) is 17.4. The van der Waals surface area contributed by atoms with Crippen molar-refractivity contribution in [3.05, 3.63) is 23.5 Å². The minimum Gasteiger partial charge on any atom is -0.338 e. The third-order valence-corrected chi connectivity index (χ3v) is 4.90. The van der Waals surface area contributed by atoms with Gasteiger partial charge in [-0.2, -0.15) is 5.10 Å². The molecule has 6 heteroatoms. The normalized spacial score (nSPS) is 19.9. The molecule has 0 aromatic carbocycles. The highest BCUT2D eigenvalue weighted by Crippen LogP contribution is 2.25. The molecule has 2 aromatic rings. The third kappa shape index (κ3) is 3.02. The third-order valence-electron chi connectivity index (χ3n) is 4.90. The molecule has 1 saturated heterocycles. The van der Waals surface area contributed by atoms with Crippen LogP contribution in [0.2, 0.25) is 0 Å². The Bertz CT molecular complexity index is 749. The molecule has 2 atom stereocenters. The quantitative estimate of drug-likeness (QED) is 0.938. The molecule has 1 aliphatic heterocycles. The Morgan fingerprint density at radius 1 is 1.38 bits per heavy atom. The predicted molar refractivity (Wildman–Crippen MR) is 94.9 cm³/mol. The maximum Gasteiger partial charge on any atom is 0.254 e. The molecule has 130 valence electrons. The summed E-state index contributed by atoms with van der Waals surface area (Å²) in [4.78, 5) is 19.7. The lowest BCUT2D eigenvalue weighted by molar-refractivity contribution is 0.0663. The van der Waals surface area contributed by atoms with Gasteiger partial charge in [0.25, 0.3) is 5.91 Å². The van der Waals surface area contributed by atoms with E-state index in [2.05, 4.69) is 23.9 Å². The number of carbonyl (C=O) groups excluding carboxylic acids is 1. The summed E-state index contributed by atoms with van der Waals surface area (Å²) in [6, 6.07) is 2.20. The van der Waals surface area contributed by atoms with Gasteiger partial charge in [-0.25, -0.2) is 9.67 Å². The second kappa shape index (κ2) is 6.51. The van der Waals surface area contributed by atoms with Crippen molar-refractivity contribution in [1.82, 2.24) is 19.7 Å². The predicted octanol–water partition coefficient (Wildman–Crippen LogP) is 2.52. The summed E-state index contributed by atoms with van der Waals surface area (Å²) >= 11 is 0. The molecule has 3 heterocycles. The van der Waals surface area contributed by atoms with Crippen LogP contribution in [0.15, 0.2) is 12.3 Å². The standard InChI is InChI=1S/C18H27N5O/c1-11(2)23-17-16(9-20-23)15(8-12(3)21-17)18(24)22-7-5-6-14(10-22)13(4)19/h8-9,11,13-14H,5-7,10,19H2,1-4H3/t13-,14+/m0/s1. The number of hydrogen-bond donors (Lipinski definition) is 1. The lowest BCUT2D eigenvalue weighted by Gasteiger charge is -2.34. The SMILES string of the molecule is Cc1cc(C(=O)N2CCC[C@@H]([C@H](C)N)C2)c2cnn(C(C)C)c2n1. The first kappa shape index (κ1) is 16.9. The summed E-state index contributed by atoms with van der Waals surface area (Å²) < 4.78 is 1.88. The number of carbonyl (C=O) groups is 1. The van der Waals surface area contributed by atoms with Crippen molar-refractivity contribution in [3.63, 3.8) is 0 Å². The van der Waals surface area contributed by atoms with Gasteiger partial charge in [0.15, 0.2) is 5.65 Å². The molecular weight excluding hydrogens is 302 g/mol. The topological polar surface area (TPSA) is 77.0 Å². The first-order valence-electron chi connectivity index (χ1n) is 8.78. The summed E-state index contributed by atoms with van der Waals surface area (Å²) in [6.07, 6.45) is 3.87. The second-order valence-electron chi connectivity index (χ2n) is 7.24. The van der Waals surface area contributed by atoms with Gasteiger partial charge in [-0.05, 0) is 52.5 Å². The van der Waals surface area contributed by atoms with Crippen molar-refractivity contribution in [3.8, 4) is 0 Å². The first-order chi connectivity index (χ1) is 11.4. The van der Waals surface area contributed by atoms with Gasteiger partial charge in [0, 0.05) is 30.9 Å². The molecule has 0 radical (unpaired) electrons. The smallest absolute Gasteiger partial charge is 0.254 e. The van der Waals surface area contributed by atoms with Gasteiger partial charge in [0.1, 0.15) is 0 Å². The molecule has 2 N–H and O–H groups in total. The highest BCUT2D eigenvalue weighted by atomic mass is 16.2. The Balaban J connectivity index is 1.98. The van der Waals surface area contributed by atoms with Crippen LogP contribution >= 0.6 is 0 Å². The van der Waals surface area contributed by atoms with Crippen molar-refractivity contribution >= 4 is 16.9 Å². The van der Waals surface area contributed by atoms with Gasteiger partial charge in [0.05, 0.1) is 17.1 Å². The number of fused-ring (bicyclic) bond motifs is 1. The van der Waals surface area contributed by atoms with Gasteiger partial charge in [-0.3, -0.25) is 4.79 Å². The zero-order valence-corrected chi connectivity index (χ0v) is 15.0. The molecular formula is C18H27N5O. The molecule has 2 aromatic heterocycles. The highest BCUT2D eigenvalue weighted by molar-refractivity contribution is 6.05. The lowest BCUT2D eigenvalue weighted by Crippen LogP contribution is -2.45. The van der Waals surface area contributed by atoms with Crippen LogP contribution in [0.1, 0.15) is 55.7 Å². The maximum absolute atomic E-state index is 13.1. The van der Waals surface area contributed by atoms with Gasteiger partial charge in [-0.1, -0.05) is 0 Å². The van der Waals surface area contributed by atoms with E-state index in [1.807, 2.05) is 29.5 Å². The largest absolute Gasteiger partial charge is 0.338 e. The number of nitrogens with two attached hydrogens (primary N) is 1. The van der Waals surface area contributed by atoms with Crippen LogP contribution in [0, 0.1) is 12.8 Å². The molecule has 1 amide bonds. The van der Waals surface area contributed by atoms with E-state index in [0.717, 1.165) is 42.7 Å². The molecule has 1 fully saturated rings. The fraction of sp³-hybridized carbons (Fsp3) is 0.611. The molecule has 0 aliphatic carbocycles. The number of piperidine rings is 1. The fourth-order valence-electron chi connectivity index (χ4n) is 3.49. The van der Waals surface area contributed by atoms with Crippen molar-refractivity contribution in [2.75, 3.05) is 13.1 Å². The number of amides is 1. The number of nitrogens with zero attached hydrogens (tertiary/aromatic N) is 4. The molecule has 24 heavy (non-hydrogen) atoms. The van der Waals surface area contributed by atoms with Crippen LogP contribution in [-0.2, 0) is 0 Å². The van der Waals surface area contributed by atoms with Gasteiger partial charge >= 0.3 is 0 Å². The number of aryl methyl sites for hydroxylation is 1. The number of aromatic nitrogens is 3. The Labute approximate surface area is 143 Å². The summed E-state index contributed by atoms with van der Waals surface area (Å²) in [6.45, 7) is 9.61. The van der Waals surface area contributed by atoms with Gasteiger partial charge in [0.2, 0.25) is 0 Å². The molecule has 0 saturated carbocycles. The Morgan fingerprint density at radius 3 is 2.79 bits per heavy atom. The summed E-state index contributed by atoms with van der Waals surface area (Å²) in [7, 11) is 0. The van der Waals surface area contributed by atoms with E-state index in [9.17, 15) is 4.79 Å². The zero-order valence-electron chi connectivity index (χ0n) is 15.0. The van der Waals surface area contributed by atoms with E-state index in [1.54, 1.807) is 6.20 Å². The maximum atomic E-state index is 13.1. The van der Waals surface area contributed by atoms with Crippen LogP contribution in [0.25, 0.3) is 11.0 Å². The van der Waals surface area contributed by atoms with E-state index in [4.69, 9.17) is 5.73 Å². The molecule has 0 bridgehead atoms. The van der Waals surface area contributed by atoms with Crippen molar-refractivity contribution < 1.29 is 4.79 Å². The summed E-state index contributed by atoms with van der Waals surface area (Å²) in [5, 5.41) is 5.27. The van der Waals surface area contributed by atoms with Gasteiger partial charge < -0.3 is 10.6 Å². The minimum absolute atomic E-state index is 0.0687. The molecule has 1 aliphatic rings. The first-order valence-corrected chi connectivity index (χ1v) is 8.78. The highest BCUT2D eigenvalue weighted by Gasteiger charge is 2.28. The number of pyridine rings is 1. The van der Waals surface area contributed by atoms with Crippen LogP contribution in [0.4, 0.5) is 0 Å². The number of rotatable bonds is 3. The van der Waals surface area contributed by atoms with Crippen molar-refractivity contribution in [2.24, 2.45) is 11.7 Å². The van der Waals surface area contributed by atoms with Crippen LogP contribution < -0.4 is 5.73 Å². The Kier molecular flexibility index (Phi) is 4.58. The second-order valence-corrected chi connectivity index (χ2v) is 7.24. The molecule has 6 nitrogen and oxygen atoms in total. The Morgan fingerprint density at radius 2 is 2.12 bits per heavy atom. The minimum atomic E-state index is 0.0687. The fourth-order valence-corrected chi connectivity index (χ4v) is 3.49. The number of hydrogen-bond acceptors (Lipinski definition) is 4. The van der Waals surface area contributed by atoms with E-state index in [0.29, 0.717) is 11.5 Å². The van der Waals surface area contributed by atoms with E-state index < -0.39 is 0 Å². The number of likely N-dealkylation sites (tertiary alicyclic amines) is 1. The van der Waals surface area contributed by atoms with Crippen LogP contribution in [0.3, 0.4) is 0 Å². The summed E-state index contributed by atoms with van der Waals surface area (Å²) in [5.41, 5.74) is 8.39. The Hall–Kier alpha value is -1.95. The average Bonchev–Trinajstić information content (AvgIpc) is 2.97. The molecule has 3 rings (SSSR count).